The molecule has 114 valence electrons. The van der Waals surface area contributed by atoms with Crippen molar-refractivity contribution in [3.63, 3.8) is 0 Å². The Balaban J connectivity index is 2.14. The molecule has 1 saturated heterocycles. The first-order chi connectivity index (χ1) is 9.94. The third-order valence-electron chi connectivity index (χ3n) is 3.68. The van der Waals surface area contributed by atoms with Crippen molar-refractivity contribution in [2.75, 3.05) is 37.1 Å². The zero-order chi connectivity index (χ0) is 15.3. The molecule has 0 atom stereocenters. The summed E-state index contributed by atoms with van der Waals surface area (Å²) in [6, 6.07) is 5.46. The van der Waals surface area contributed by atoms with Gasteiger partial charge in [0.2, 0.25) is 0 Å². The molecule has 0 saturated carbocycles. The molecule has 0 amide bonds. The Morgan fingerprint density at radius 3 is 2.81 bits per heavy atom. The predicted molar refractivity (Wildman–Crippen MR) is 79.6 cm³/mol. The number of nitriles is 1. The van der Waals surface area contributed by atoms with Crippen molar-refractivity contribution < 1.29 is 13.2 Å². The fraction of sp³-hybridized carbons (Fsp3) is 0.571. The molecule has 1 fully saturated rings. The second kappa shape index (κ2) is 6.41. The first-order valence-electron chi connectivity index (χ1n) is 6.79. The van der Waals surface area contributed by atoms with E-state index in [0.29, 0.717) is 44.0 Å². The van der Waals surface area contributed by atoms with Crippen molar-refractivity contribution in [1.82, 2.24) is 4.98 Å². The molecule has 7 heteroatoms. The molecular formula is C14H19N3O3S. The lowest BCUT2D eigenvalue weighted by molar-refractivity contribution is 0.0315. The van der Waals surface area contributed by atoms with E-state index < -0.39 is 9.84 Å². The molecule has 0 aromatic carbocycles. The molecule has 1 N–H and O–H groups in total. The summed E-state index contributed by atoms with van der Waals surface area (Å²) in [4.78, 5) is 4.15. The summed E-state index contributed by atoms with van der Waals surface area (Å²) in [6.07, 6.45) is 4.23. The van der Waals surface area contributed by atoms with Crippen LogP contribution in [0.15, 0.2) is 18.3 Å². The van der Waals surface area contributed by atoms with Gasteiger partial charge in [0.25, 0.3) is 0 Å². The highest BCUT2D eigenvalue weighted by Gasteiger charge is 2.36. The van der Waals surface area contributed by atoms with Crippen molar-refractivity contribution in [1.29, 1.82) is 5.26 Å². The van der Waals surface area contributed by atoms with Gasteiger partial charge in [-0.3, -0.25) is 0 Å². The standard InChI is InChI=1S/C14H19N3O3S/c1-21(18,19)11-14(4-7-20-8-5-14)10-17-13-12(9-15)3-2-6-16-13/h2-3,6H,4-5,7-8,10-11H2,1H3,(H,16,17). The third kappa shape index (κ3) is 4.41. The van der Waals surface area contributed by atoms with Gasteiger partial charge in [-0.1, -0.05) is 0 Å². The fourth-order valence-electron chi connectivity index (χ4n) is 2.64. The summed E-state index contributed by atoms with van der Waals surface area (Å²) in [5.74, 6) is 0.616. The number of pyridine rings is 1. The first-order valence-corrected chi connectivity index (χ1v) is 8.85. The normalized spacial score (nSPS) is 17.9. The minimum absolute atomic E-state index is 0.116. The van der Waals surface area contributed by atoms with Crippen LogP contribution in [0.5, 0.6) is 0 Å². The Morgan fingerprint density at radius 2 is 2.19 bits per heavy atom. The summed E-state index contributed by atoms with van der Waals surface area (Å²) in [5, 5.41) is 12.2. The third-order valence-corrected chi connectivity index (χ3v) is 4.82. The monoisotopic (exact) mass is 309 g/mol. The van der Waals surface area contributed by atoms with E-state index in [9.17, 15) is 8.42 Å². The average Bonchev–Trinajstić information content (AvgIpc) is 2.45. The number of anilines is 1. The highest BCUT2D eigenvalue weighted by Crippen LogP contribution is 2.32. The van der Waals surface area contributed by atoms with Gasteiger partial charge in [0.15, 0.2) is 0 Å². The molecule has 21 heavy (non-hydrogen) atoms. The molecule has 0 aliphatic carbocycles. The molecular weight excluding hydrogens is 290 g/mol. The second-order valence-corrected chi connectivity index (χ2v) is 7.69. The molecule has 1 aromatic rings. The van der Waals surface area contributed by atoms with Gasteiger partial charge < -0.3 is 10.1 Å². The number of nitrogens with zero attached hydrogens (tertiary/aromatic N) is 2. The maximum atomic E-state index is 11.7. The topological polar surface area (TPSA) is 92.1 Å². The van der Waals surface area contributed by atoms with Gasteiger partial charge in [-0.2, -0.15) is 5.26 Å². The number of sulfone groups is 1. The molecule has 0 bridgehead atoms. The van der Waals surface area contributed by atoms with Crippen molar-refractivity contribution in [2.24, 2.45) is 5.41 Å². The van der Waals surface area contributed by atoms with Crippen LogP contribution >= 0.6 is 0 Å². The fourth-order valence-corrected chi connectivity index (χ4v) is 4.14. The maximum Gasteiger partial charge on any atom is 0.148 e. The minimum atomic E-state index is -3.08. The molecule has 1 aliphatic heterocycles. The molecule has 2 heterocycles. The number of nitrogens with one attached hydrogen (secondary N) is 1. The lowest BCUT2D eigenvalue weighted by Crippen LogP contribution is -2.41. The summed E-state index contributed by atoms with van der Waals surface area (Å²) < 4.78 is 28.8. The van der Waals surface area contributed by atoms with Crippen molar-refractivity contribution in [3.8, 4) is 6.07 Å². The Hall–Kier alpha value is -1.65. The quantitative estimate of drug-likeness (QED) is 0.879. The van der Waals surface area contributed by atoms with E-state index in [2.05, 4.69) is 16.4 Å². The summed E-state index contributed by atoms with van der Waals surface area (Å²) in [7, 11) is -3.08. The number of ether oxygens (including phenoxy) is 1. The largest absolute Gasteiger partial charge is 0.381 e. The lowest BCUT2D eigenvalue weighted by atomic mass is 9.82. The summed E-state index contributed by atoms with van der Waals surface area (Å²) >= 11 is 0. The van der Waals surface area contributed by atoms with Crippen molar-refractivity contribution >= 4 is 15.7 Å². The van der Waals surface area contributed by atoms with Crippen LogP contribution in [0, 0.1) is 16.7 Å². The van der Waals surface area contributed by atoms with E-state index in [1.807, 2.05) is 0 Å². The van der Waals surface area contributed by atoms with Gasteiger partial charge in [-0.15, -0.1) is 0 Å². The van der Waals surface area contributed by atoms with Crippen LogP contribution in [0.25, 0.3) is 0 Å². The zero-order valence-electron chi connectivity index (χ0n) is 12.0. The van der Waals surface area contributed by atoms with Gasteiger partial charge in [0.1, 0.15) is 21.7 Å². The van der Waals surface area contributed by atoms with Gasteiger partial charge in [-0.25, -0.2) is 13.4 Å². The molecule has 2 rings (SSSR count). The smallest absolute Gasteiger partial charge is 0.148 e. The Kier molecular flexibility index (Phi) is 4.80. The van der Waals surface area contributed by atoms with E-state index >= 15 is 0 Å². The van der Waals surface area contributed by atoms with Gasteiger partial charge in [-0.05, 0) is 25.0 Å². The van der Waals surface area contributed by atoms with E-state index in [1.165, 1.54) is 6.26 Å². The summed E-state index contributed by atoms with van der Waals surface area (Å²) in [6.45, 7) is 1.59. The number of aromatic nitrogens is 1. The zero-order valence-corrected chi connectivity index (χ0v) is 12.8. The van der Waals surface area contributed by atoms with Crippen LogP contribution in [0.1, 0.15) is 18.4 Å². The highest BCUT2D eigenvalue weighted by molar-refractivity contribution is 7.90. The van der Waals surface area contributed by atoms with Crippen molar-refractivity contribution in [3.05, 3.63) is 23.9 Å². The second-order valence-electron chi connectivity index (χ2n) is 5.55. The Labute approximate surface area is 125 Å². The van der Waals surface area contributed by atoms with E-state index in [0.717, 1.165) is 0 Å². The van der Waals surface area contributed by atoms with Gasteiger partial charge in [0, 0.05) is 37.6 Å². The average molecular weight is 309 g/mol. The molecule has 1 aliphatic rings. The van der Waals surface area contributed by atoms with Gasteiger partial charge in [0.05, 0.1) is 11.3 Å². The van der Waals surface area contributed by atoms with Crippen LogP contribution in [-0.2, 0) is 14.6 Å². The van der Waals surface area contributed by atoms with E-state index in [1.54, 1.807) is 18.3 Å². The number of hydrogen-bond donors (Lipinski definition) is 1. The molecule has 0 spiro atoms. The summed E-state index contributed by atoms with van der Waals surface area (Å²) in [5.41, 5.74) is 0.0925. The van der Waals surface area contributed by atoms with E-state index in [4.69, 9.17) is 10.00 Å². The van der Waals surface area contributed by atoms with Crippen LogP contribution in [-0.4, -0.2) is 45.2 Å². The van der Waals surface area contributed by atoms with Crippen molar-refractivity contribution in [2.45, 2.75) is 12.8 Å². The molecule has 0 unspecified atom stereocenters. The first kappa shape index (κ1) is 15.7. The van der Waals surface area contributed by atoms with Gasteiger partial charge >= 0.3 is 0 Å². The molecule has 6 nitrogen and oxygen atoms in total. The molecule has 0 radical (unpaired) electrons. The SMILES string of the molecule is CS(=O)(=O)CC1(CNc2ncccc2C#N)CCOCC1. The Bertz CT molecular complexity index is 631. The van der Waals surface area contributed by atoms with Crippen LogP contribution < -0.4 is 5.32 Å². The number of rotatable bonds is 5. The minimum Gasteiger partial charge on any atom is -0.381 e. The van der Waals surface area contributed by atoms with Crippen LogP contribution in [0.2, 0.25) is 0 Å². The Morgan fingerprint density at radius 1 is 1.48 bits per heavy atom. The lowest BCUT2D eigenvalue weighted by Gasteiger charge is -2.36. The predicted octanol–water partition coefficient (Wildman–Crippen LogP) is 1.21. The highest BCUT2D eigenvalue weighted by atomic mass is 32.2. The van der Waals surface area contributed by atoms with E-state index in [-0.39, 0.29) is 11.2 Å². The van der Waals surface area contributed by atoms with Crippen LogP contribution in [0.4, 0.5) is 5.82 Å². The maximum absolute atomic E-state index is 11.7. The molecule has 1 aromatic heterocycles. The van der Waals surface area contributed by atoms with Crippen LogP contribution in [0.3, 0.4) is 0 Å². The number of hydrogen-bond acceptors (Lipinski definition) is 6.